The zero-order valence-electron chi connectivity index (χ0n) is 9.80. The van der Waals surface area contributed by atoms with E-state index in [0.29, 0.717) is 18.0 Å². The van der Waals surface area contributed by atoms with Crippen LogP contribution >= 0.6 is 0 Å². The Hall–Kier alpha value is -2.49. The first-order valence-corrected chi connectivity index (χ1v) is 5.60. The number of rotatable bonds is 3. The van der Waals surface area contributed by atoms with Crippen LogP contribution in [0.2, 0.25) is 0 Å². The maximum absolute atomic E-state index is 11.5. The standard InChI is InChI=1S/C14H14N2O2/c15-12-8-4-5-9-13(12)18-14(17)16-10-11-6-2-1-3-7-11/h1-9H,10,15H2,(H,16,17). The van der Waals surface area contributed by atoms with E-state index in [9.17, 15) is 4.79 Å². The SMILES string of the molecule is Nc1ccccc1OC(=O)NCc1ccccc1. The highest BCUT2D eigenvalue weighted by Crippen LogP contribution is 2.19. The molecule has 2 aromatic rings. The molecular formula is C14H14N2O2. The number of carbonyl (C=O) groups is 1. The van der Waals surface area contributed by atoms with Gasteiger partial charge in [0.2, 0.25) is 0 Å². The average Bonchev–Trinajstić information content (AvgIpc) is 2.40. The maximum Gasteiger partial charge on any atom is 0.412 e. The highest BCUT2D eigenvalue weighted by atomic mass is 16.6. The molecule has 0 saturated carbocycles. The lowest BCUT2D eigenvalue weighted by Gasteiger charge is -2.08. The minimum Gasteiger partial charge on any atom is -0.408 e. The van der Waals surface area contributed by atoms with E-state index in [1.54, 1.807) is 24.3 Å². The molecule has 1 amide bonds. The normalized spacial score (nSPS) is 9.78. The third-order valence-corrected chi connectivity index (χ3v) is 2.40. The first-order chi connectivity index (χ1) is 8.75. The fourth-order valence-electron chi connectivity index (χ4n) is 1.48. The fourth-order valence-corrected chi connectivity index (χ4v) is 1.48. The van der Waals surface area contributed by atoms with Crippen LogP contribution in [0.1, 0.15) is 5.56 Å². The number of hydrogen-bond donors (Lipinski definition) is 2. The second-order valence-corrected chi connectivity index (χ2v) is 3.77. The fraction of sp³-hybridized carbons (Fsp3) is 0.0714. The summed E-state index contributed by atoms with van der Waals surface area (Å²) in [6.45, 7) is 0.423. The molecule has 0 fully saturated rings. The molecule has 18 heavy (non-hydrogen) atoms. The zero-order valence-corrected chi connectivity index (χ0v) is 9.80. The van der Waals surface area contributed by atoms with E-state index in [2.05, 4.69) is 5.32 Å². The van der Waals surface area contributed by atoms with E-state index in [1.165, 1.54) is 0 Å². The molecule has 4 nitrogen and oxygen atoms in total. The molecule has 0 atom stereocenters. The van der Waals surface area contributed by atoms with E-state index in [1.807, 2.05) is 30.3 Å². The Morgan fingerprint density at radius 2 is 1.72 bits per heavy atom. The van der Waals surface area contributed by atoms with Crippen LogP contribution in [0.15, 0.2) is 54.6 Å². The Morgan fingerprint density at radius 3 is 2.44 bits per heavy atom. The summed E-state index contributed by atoms with van der Waals surface area (Å²) in [4.78, 5) is 11.5. The molecule has 0 spiro atoms. The molecule has 2 rings (SSSR count). The van der Waals surface area contributed by atoms with Gasteiger partial charge >= 0.3 is 6.09 Å². The molecule has 0 saturated heterocycles. The number of ether oxygens (including phenoxy) is 1. The first kappa shape index (κ1) is 12.0. The summed E-state index contributed by atoms with van der Waals surface area (Å²) in [5, 5.41) is 2.66. The summed E-state index contributed by atoms with van der Waals surface area (Å²) in [7, 11) is 0. The Kier molecular flexibility index (Phi) is 3.81. The summed E-state index contributed by atoms with van der Waals surface area (Å²) in [5.74, 6) is 0.364. The van der Waals surface area contributed by atoms with Gasteiger partial charge in [0.05, 0.1) is 5.69 Å². The third kappa shape index (κ3) is 3.25. The molecule has 2 aromatic carbocycles. The van der Waals surface area contributed by atoms with Crippen molar-refractivity contribution in [2.45, 2.75) is 6.54 Å². The number of nitrogens with one attached hydrogen (secondary N) is 1. The molecule has 0 aliphatic carbocycles. The van der Waals surface area contributed by atoms with E-state index in [-0.39, 0.29) is 0 Å². The molecule has 3 N–H and O–H groups in total. The van der Waals surface area contributed by atoms with Crippen LogP contribution in [0.3, 0.4) is 0 Å². The van der Waals surface area contributed by atoms with Crippen LogP contribution in [-0.4, -0.2) is 6.09 Å². The number of amides is 1. The van der Waals surface area contributed by atoms with Gasteiger partial charge in [-0.3, -0.25) is 0 Å². The Balaban J connectivity index is 1.88. The van der Waals surface area contributed by atoms with Gasteiger partial charge in [-0.1, -0.05) is 42.5 Å². The molecule has 92 valence electrons. The van der Waals surface area contributed by atoms with Crippen LogP contribution in [0, 0.1) is 0 Å². The van der Waals surface area contributed by atoms with Gasteiger partial charge in [0.15, 0.2) is 5.75 Å². The molecule has 0 heterocycles. The molecular weight excluding hydrogens is 228 g/mol. The van der Waals surface area contributed by atoms with Gasteiger partial charge in [0.25, 0.3) is 0 Å². The monoisotopic (exact) mass is 242 g/mol. The van der Waals surface area contributed by atoms with Crippen molar-refractivity contribution in [2.24, 2.45) is 0 Å². The van der Waals surface area contributed by atoms with Crippen molar-refractivity contribution in [3.05, 3.63) is 60.2 Å². The van der Waals surface area contributed by atoms with Crippen LogP contribution in [0.25, 0.3) is 0 Å². The lowest BCUT2D eigenvalue weighted by atomic mass is 10.2. The predicted octanol–water partition coefficient (Wildman–Crippen LogP) is 2.56. The Morgan fingerprint density at radius 1 is 1.06 bits per heavy atom. The number of hydrogen-bond acceptors (Lipinski definition) is 3. The summed E-state index contributed by atoms with van der Waals surface area (Å²) in [6, 6.07) is 16.5. The van der Waals surface area contributed by atoms with Crippen molar-refractivity contribution in [1.82, 2.24) is 5.32 Å². The Bertz CT molecular complexity index is 526. The van der Waals surface area contributed by atoms with Crippen LogP contribution in [-0.2, 0) is 6.54 Å². The quantitative estimate of drug-likeness (QED) is 0.813. The van der Waals surface area contributed by atoms with Crippen LogP contribution < -0.4 is 15.8 Å². The highest BCUT2D eigenvalue weighted by molar-refractivity contribution is 5.72. The van der Waals surface area contributed by atoms with Crippen molar-refractivity contribution >= 4 is 11.8 Å². The van der Waals surface area contributed by atoms with Crippen LogP contribution in [0.5, 0.6) is 5.75 Å². The zero-order chi connectivity index (χ0) is 12.8. The van der Waals surface area contributed by atoms with E-state index >= 15 is 0 Å². The first-order valence-electron chi connectivity index (χ1n) is 5.60. The summed E-state index contributed by atoms with van der Waals surface area (Å²) >= 11 is 0. The van der Waals surface area contributed by atoms with Gasteiger partial charge in [-0.05, 0) is 17.7 Å². The lowest BCUT2D eigenvalue weighted by Crippen LogP contribution is -2.26. The molecule has 0 aliphatic heterocycles. The number of nitrogens with two attached hydrogens (primary N) is 1. The Labute approximate surface area is 105 Å². The molecule has 0 unspecified atom stereocenters. The average molecular weight is 242 g/mol. The van der Waals surface area contributed by atoms with E-state index in [0.717, 1.165) is 5.56 Å². The summed E-state index contributed by atoms with van der Waals surface area (Å²) < 4.78 is 5.09. The highest BCUT2D eigenvalue weighted by Gasteiger charge is 2.06. The van der Waals surface area contributed by atoms with Crippen molar-refractivity contribution in [3.63, 3.8) is 0 Å². The van der Waals surface area contributed by atoms with Gasteiger partial charge in [0.1, 0.15) is 0 Å². The summed E-state index contributed by atoms with van der Waals surface area (Å²) in [5.41, 5.74) is 7.12. The van der Waals surface area contributed by atoms with E-state index in [4.69, 9.17) is 10.5 Å². The summed E-state index contributed by atoms with van der Waals surface area (Å²) in [6.07, 6.45) is -0.517. The van der Waals surface area contributed by atoms with Gasteiger partial charge in [-0.15, -0.1) is 0 Å². The number of benzene rings is 2. The van der Waals surface area contributed by atoms with Gasteiger partial charge in [-0.25, -0.2) is 4.79 Å². The van der Waals surface area contributed by atoms with Crippen molar-refractivity contribution in [2.75, 3.05) is 5.73 Å². The largest absolute Gasteiger partial charge is 0.412 e. The molecule has 0 aliphatic rings. The van der Waals surface area contributed by atoms with Crippen molar-refractivity contribution in [1.29, 1.82) is 0 Å². The number of para-hydroxylation sites is 2. The van der Waals surface area contributed by atoms with E-state index < -0.39 is 6.09 Å². The van der Waals surface area contributed by atoms with Crippen molar-refractivity contribution in [3.8, 4) is 5.75 Å². The molecule has 0 aromatic heterocycles. The smallest absolute Gasteiger partial charge is 0.408 e. The molecule has 4 heteroatoms. The van der Waals surface area contributed by atoms with Crippen molar-refractivity contribution < 1.29 is 9.53 Å². The predicted molar refractivity (Wildman–Crippen MR) is 70.2 cm³/mol. The number of carbonyl (C=O) groups excluding carboxylic acids is 1. The molecule has 0 bridgehead atoms. The van der Waals surface area contributed by atoms with Gasteiger partial charge in [0, 0.05) is 6.54 Å². The number of anilines is 1. The minimum atomic E-state index is -0.517. The topological polar surface area (TPSA) is 64.3 Å². The van der Waals surface area contributed by atoms with Gasteiger partial charge < -0.3 is 15.8 Å². The maximum atomic E-state index is 11.5. The van der Waals surface area contributed by atoms with Crippen LogP contribution in [0.4, 0.5) is 10.5 Å². The van der Waals surface area contributed by atoms with Gasteiger partial charge in [-0.2, -0.15) is 0 Å². The lowest BCUT2D eigenvalue weighted by molar-refractivity contribution is 0.200. The third-order valence-electron chi connectivity index (χ3n) is 2.40. The second kappa shape index (κ2) is 5.72. The number of nitrogen functional groups attached to an aromatic ring is 1. The molecule has 0 radical (unpaired) electrons. The second-order valence-electron chi connectivity index (χ2n) is 3.77. The minimum absolute atomic E-state index is 0.364.